The molecule has 7 nitrogen and oxygen atoms in total. The molecule has 0 unspecified atom stereocenters. The summed E-state index contributed by atoms with van der Waals surface area (Å²) in [5.41, 5.74) is 0. The number of rotatable bonds is 9. The lowest BCUT2D eigenvalue weighted by molar-refractivity contribution is -0.137. The summed E-state index contributed by atoms with van der Waals surface area (Å²) < 4.78 is 33.2. The Hall–Kier alpha value is -1.14. The molecule has 0 aromatic carbocycles. The van der Waals surface area contributed by atoms with Gasteiger partial charge < -0.3 is 14.0 Å². The molecule has 0 aliphatic rings. The van der Waals surface area contributed by atoms with Gasteiger partial charge >= 0.3 is 16.3 Å². The molecule has 0 bridgehead atoms. The quantitative estimate of drug-likeness (QED) is 0.347. The van der Waals surface area contributed by atoms with Crippen molar-refractivity contribution in [3.63, 3.8) is 0 Å². The first-order chi connectivity index (χ1) is 8.47. The van der Waals surface area contributed by atoms with Crippen molar-refractivity contribution >= 4 is 16.3 Å². The third kappa shape index (κ3) is 6.56. The zero-order chi connectivity index (χ0) is 14.0. The Kier molecular flexibility index (Phi) is 8.32. The van der Waals surface area contributed by atoms with Gasteiger partial charge in [-0.15, -0.1) is 10.7 Å². The van der Waals surface area contributed by atoms with E-state index in [1.807, 2.05) is 6.92 Å². The van der Waals surface area contributed by atoms with Gasteiger partial charge in [0.2, 0.25) is 0 Å². The molecule has 0 amide bonds. The highest BCUT2D eigenvalue weighted by molar-refractivity contribution is 7.84. The SMILES string of the molecule is C#CCOCN(CCCC)S(=O)(=O)OC(=O)CO. The highest BCUT2D eigenvalue weighted by Gasteiger charge is 2.26. The van der Waals surface area contributed by atoms with E-state index in [4.69, 9.17) is 16.3 Å². The van der Waals surface area contributed by atoms with Crippen LogP contribution in [0.5, 0.6) is 0 Å². The van der Waals surface area contributed by atoms with Crippen LogP contribution in [-0.2, 0) is 24.0 Å². The van der Waals surface area contributed by atoms with Crippen LogP contribution in [0.4, 0.5) is 0 Å². The van der Waals surface area contributed by atoms with Gasteiger partial charge in [-0.2, -0.15) is 8.42 Å². The first-order valence-corrected chi connectivity index (χ1v) is 6.68. The van der Waals surface area contributed by atoms with Crippen LogP contribution in [0.1, 0.15) is 19.8 Å². The lowest BCUT2D eigenvalue weighted by Gasteiger charge is -2.19. The summed E-state index contributed by atoms with van der Waals surface area (Å²) in [6, 6.07) is 0. The third-order valence-corrected chi connectivity index (χ3v) is 3.14. The molecule has 0 saturated carbocycles. The summed E-state index contributed by atoms with van der Waals surface area (Å²) in [7, 11) is -4.26. The minimum absolute atomic E-state index is 0.0495. The zero-order valence-corrected chi connectivity index (χ0v) is 11.0. The standard InChI is InChI=1S/C10H17NO6S/c1-3-5-6-11(9-16-7-4-2)18(14,15)17-10(13)8-12/h2,12H,3,5-9H2,1H3. The fourth-order valence-corrected chi connectivity index (χ4v) is 1.93. The Morgan fingerprint density at radius 1 is 1.50 bits per heavy atom. The van der Waals surface area contributed by atoms with Gasteiger partial charge in [-0.1, -0.05) is 19.3 Å². The Morgan fingerprint density at radius 3 is 2.67 bits per heavy atom. The Bertz CT molecular complexity index is 386. The van der Waals surface area contributed by atoms with Crippen molar-refractivity contribution < 1.29 is 27.2 Å². The molecule has 0 spiro atoms. The second-order valence-corrected chi connectivity index (χ2v) is 4.82. The summed E-state index contributed by atoms with van der Waals surface area (Å²) in [5.74, 6) is 0.949. The second-order valence-electron chi connectivity index (χ2n) is 3.28. The number of carbonyl (C=O) groups excluding carboxylic acids is 1. The molecule has 0 aromatic rings. The number of hydrogen-bond acceptors (Lipinski definition) is 6. The van der Waals surface area contributed by atoms with Crippen LogP contribution in [0.15, 0.2) is 0 Å². The summed E-state index contributed by atoms with van der Waals surface area (Å²) in [6.45, 7) is 0.665. The average Bonchev–Trinajstić information content (AvgIpc) is 2.32. The van der Waals surface area contributed by atoms with Crippen LogP contribution < -0.4 is 0 Å². The number of unbranched alkanes of at least 4 members (excludes halogenated alkanes) is 1. The maximum absolute atomic E-state index is 11.6. The molecular formula is C10H17NO6S. The number of aliphatic hydroxyl groups excluding tert-OH is 1. The predicted molar refractivity (Wildman–Crippen MR) is 63.4 cm³/mol. The third-order valence-electron chi connectivity index (χ3n) is 1.83. The smallest absolute Gasteiger partial charge is 0.385 e. The van der Waals surface area contributed by atoms with Crippen molar-refractivity contribution in [3.05, 3.63) is 0 Å². The van der Waals surface area contributed by atoms with Crippen LogP contribution in [0, 0.1) is 12.3 Å². The number of hydrogen-bond donors (Lipinski definition) is 1. The highest BCUT2D eigenvalue weighted by atomic mass is 32.2. The van der Waals surface area contributed by atoms with Crippen LogP contribution in [0.2, 0.25) is 0 Å². The van der Waals surface area contributed by atoms with E-state index in [9.17, 15) is 13.2 Å². The Balaban J connectivity index is 4.60. The zero-order valence-electron chi connectivity index (χ0n) is 10.2. The fourth-order valence-electron chi connectivity index (χ4n) is 0.978. The van der Waals surface area contributed by atoms with Crippen molar-refractivity contribution in [2.75, 3.05) is 26.5 Å². The van der Waals surface area contributed by atoms with E-state index in [0.717, 1.165) is 10.7 Å². The van der Waals surface area contributed by atoms with Gasteiger partial charge in [0.15, 0.2) is 0 Å². The van der Waals surface area contributed by atoms with E-state index in [-0.39, 0.29) is 19.9 Å². The van der Waals surface area contributed by atoms with Crippen LogP contribution >= 0.6 is 0 Å². The monoisotopic (exact) mass is 279 g/mol. The second kappa shape index (κ2) is 8.88. The lowest BCUT2D eigenvalue weighted by atomic mass is 10.3. The molecular weight excluding hydrogens is 262 g/mol. The Morgan fingerprint density at radius 2 is 2.17 bits per heavy atom. The number of nitrogens with zero attached hydrogens (tertiary/aromatic N) is 1. The minimum Gasteiger partial charge on any atom is -0.385 e. The summed E-state index contributed by atoms with van der Waals surface area (Å²) in [4.78, 5) is 10.8. The maximum atomic E-state index is 11.6. The summed E-state index contributed by atoms with van der Waals surface area (Å²) in [5, 5.41) is 8.45. The van der Waals surface area contributed by atoms with E-state index in [1.165, 1.54) is 0 Å². The maximum Gasteiger partial charge on any atom is 0.389 e. The van der Waals surface area contributed by atoms with E-state index < -0.39 is 22.9 Å². The number of terminal acetylenes is 1. The molecule has 8 heteroatoms. The first-order valence-electron chi connectivity index (χ1n) is 5.32. The molecule has 104 valence electrons. The van der Waals surface area contributed by atoms with Crippen molar-refractivity contribution in [2.45, 2.75) is 19.8 Å². The summed E-state index contributed by atoms with van der Waals surface area (Å²) in [6.07, 6.45) is 6.30. The van der Waals surface area contributed by atoms with E-state index in [0.29, 0.717) is 6.42 Å². The normalized spacial score (nSPS) is 11.2. The topological polar surface area (TPSA) is 93.1 Å². The van der Waals surface area contributed by atoms with Gasteiger partial charge in [-0.25, -0.2) is 4.79 Å². The molecule has 0 aliphatic carbocycles. The molecule has 0 fully saturated rings. The highest BCUT2D eigenvalue weighted by Crippen LogP contribution is 2.06. The van der Waals surface area contributed by atoms with Crippen LogP contribution in [0.3, 0.4) is 0 Å². The molecule has 0 rings (SSSR count). The van der Waals surface area contributed by atoms with Crippen molar-refractivity contribution in [1.29, 1.82) is 0 Å². The average molecular weight is 279 g/mol. The van der Waals surface area contributed by atoms with Gasteiger partial charge in [0, 0.05) is 6.54 Å². The van der Waals surface area contributed by atoms with Crippen molar-refractivity contribution in [2.24, 2.45) is 0 Å². The van der Waals surface area contributed by atoms with Gasteiger partial charge in [-0.3, -0.25) is 0 Å². The number of carbonyl (C=O) groups is 1. The lowest BCUT2D eigenvalue weighted by Crippen LogP contribution is -2.37. The molecule has 0 atom stereocenters. The molecule has 0 aromatic heterocycles. The van der Waals surface area contributed by atoms with Gasteiger partial charge in [-0.05, 0) is 6.42 Å². The molecule has 0 radical (unpaired) electrons. The van der Waals surface area contributed by atoms with Crippen molar-refractivity contribution in [3.8, 4) is 12.3 Å². The van der Waals surface area contributed by atoms with E-state index in [1.54, 1.807) is 0 Å². The fraction of sp³-hybridized carbons (Fsp3) is 0.700. The number of aliphatic hydroxyl groups is 1. The number of ether oxygens (including phenoxy) is 1. The molecule has 1 N–H and O–H groups in total. The predicted octanol–water partition coefficient (Wildman–Crippen LogP) is -0.524. The summed E-state index contributed by atoms with van der Waals surface area (Å²) >= 11 is 0. The largest absolute Gasteiger partial charge is 0.389 e. The van der Waals surface area contributed by atoms with Gasteiger partial charge in [0.25, 0.3) is 0 Å². The molecule has 0 aliphatic heterocycles. The van der Waals surface area contributed by atoms with Gasteiger partial charge in [0.05, 0.1) is 0 Å². The van der Waals surface area contributed by atoms with Crippen LogP contribution in [0.25, 0.3) is 0 Å². The molecule has 18 heavy (non-hydrogen) atoms. The van der Waals surface area contributed by atoms with E-state index >= 15 is 0 Å². The van der Waals surface area contributed by atoms with Crippen molar-refractivity contribution in [1.82, 2.24) is 4.31 Å². The first kappa shape index (κ1) is 16.9. The molecule has 0 heterocycles. The van der Waals surface area contributed by atoms with E-state index in [2.05, 4.69) is 10.1 Å². The van der Waals surface area contributed by atoms with Crippen LogP contribution in [-0.4, -0.2) is 50.3 Å². The Labute approximate surface area is 107 Å². The molecule has 0 saturated heterocycles. The van der Waals surface area contributed by atoms with Gasteiger partial charge in [0.1, 0.15) is 19.9 Å². The minimum atomic E-state index is -4.26.